The lowest BCUT2D eigenvalue weighted by Crippen LogP contribution is -2.39. The van der Waals surface area contributed by atoms with Crippen molar-refractivity contribution in [2.75, 3.05) is 31.5 Å². The Hall–Kier alpha value is -1.10. The molecule has 2 aliphatic heterocycles. The van der Waals surface area contributed by atoms with Crippen molar-refractivity contribution in [3.8, 4) is 0 Å². The van der Waals surface area contributed by atoms with Crippen molar-refractivity contribution in [3.63, 3.8) is 0 Å². The molecule has 0 aromatic heterocycles. The molecular formula is C16H22ClN3O. The molecule has 2 heterocycles. The first-order valence-electron chi connectivity index (χ1n) is 7.55. The molecule has 21 heavy (non-hydrogen) atoms. The number of halogens is 1. The summed E-state index contributed by atoms with van der Waals surface area (Å²) in [6, 6.07) is 6.03. The number of hydrogen-bond acceptors (Lipinski definition) is 3. The summed E-state index contributed by atoms with van der Waals surface area (Å²) in [5.41, 5.74) is 1.84. The van der Waals surface area contributed by atoms with Crippen LogP contribution in [0.2, 0.25) is 5.02 Å². The van der Waals surface area contributed by atoms with Crippen LogP contribution in [-0.2, 0) is 4.79 Å². The summed E-state index contributed by atoms with van der Waals surface area (Å²) in [6.07, 6.45) is 0. The molecule has 3 rings (SSSR count). The van der Waals surface area contributed by atoms with E-state index in [1.807, 2.05) is 19.1 Å². The van der Waals surface area contributed by atoms with Crippen molar-refractivity contribution in [2.24, 2.45) is 11.8 Å². The lowest BCUT2D eigenvalue weighted by Gasteiger charge is -2.23. The minimum atomic E-state index is 0.0418. The molecule has 1 aromatic carbocycles. The van der Waals surface area contributed by atoms with Gasteiger partial charge in [0.1, 0.15) is 0 Å². The molecule has 2 fully saturated rings. The van der Waals surface area contributed by atoms with Crippen LogP contribution < -0.4 is 10.6 Å². The fourth-order valence-electron chi connectivity index (χ4n) is 3.57. The summed E-state index contributed by atoms with van der Waals surface area (Å²) in [7, 11) is 0. The Morgan fingerprint density at radius 2 is 2.29 bits per heavy atom. The summed E-state index contributed by atoms with van der Waals surface area (Å²) in [5, 5.41) is 7.07. The van der Waals surface area contributed by atoms with Crippen LogP contribution in [0.4, 0.5) is 5.69 Å². The van der Waals surface area contributed by atoms with E-state index in [0.29, 0.717) is 29.4 Å². The van der Waals surface area contributed by atoms with E-state index >= 15 is 0 Å². The van der Waals surface area contributed by atoms with E-state index < -0.39 is 0 Å². The normalized spacial score (nSPS) is 28.6. The van der Waals surface area contributed by atoms with Crippen LogP contribution in [0.5, 0.6) is 0 Å². The number of nitrogens with zero attached hydrogens (tertiary/aromatic N) is 1. The monoisotopic (exact) mass is 307 g/mol. The number of amides is 1. The van der Waals surface area contributed by atoms with Crippen molar-refractivity contribution in [1.82, 2.24) is 10.2 Å². The Kier molecular flexibility index (Phi) is 4.20. The number of anilines is 1. The van der Waals surface area contributed by atoms with Crippen LogP contribution in [0, 0.1) is 18.8 Å². The second kappa shape index (κ2) is 5.95. The molecule has 0 radical (unpaired) electrons. The second-order valence-electron chi connectivity index (χ2n) is 6.26. The number of carbonyl (C=O) groups excluding carboxylic acids is 1. The second-order valence-corrected chi connectivity index (χ2v) is 6.70. The van der Waals surface area contributed by atoms with Crippen LogP contribution in [0.3, 0.4) is 0 Å². The molecule has 2 saturated heterocycles. The van der Waals surface area contributed by atoms with Gasteiger partial charge in [0, 0.05) is 23.3 Å². The third-order valence-corrected chi connectivity index (χ3v) is 5.11. The average molecular weight is 308 g/mol. The molecule has 0 aliphatic carbocycles. The minimum absolute atomic E-state index is 0.0418. The number of hydrogen-bond donors (Lipinski definition) is 2. The molecule has 2 N–H and O–H groups in total. The van der Waals surface area contributed by atoms with Crippen molar-refractivity contribution in [1.29, 1.82) is 0 Å². The topological polar surface area (TPSA) is 44.4 Å². The number of benzene rings is 1. The molecule has 1 aromatic rings. The van der Waals surface area contributed by atoms with Gasteiger partial charge in [0.15, 0.2) is 0 Å². The van der Waals surface area contributed by atoms with Crippen LogP contribution in [0.1, 0.15) is 12.5 Å². The summed E-state index contributed by atoms with van der Waals surface area (Å²) in [6.45, 7) is 7.84. The summed E-state index contributed by atoms with van der Waals surface area (Å²) in [5.74, 6) is 1.42. The van der Waals surface area contributed by atoms with E-state index in [2.05, 4.69) is 22.5 Å². The molecule has 4 nitrogen and oxygen atoms in total. The standard InChI is InChI=1S/C16H22ClN3O/c1-10-3-4-13(17)5-15(10)19-16(21)9-20-8-12-6-18-7-14(12)11(20)2/h3-5,11-12,14,18H,6-9H2,1-2H3,(H,19,21). The third-order valence-electron chi connectivity index (χ3n) is 4.88. The number of carbonyl (C=O) groups is 1. The van der Waals surface area contributed by atoms with Gasteiger partial charge in [0.05, 0.1) is 6.54 Å². The number of nitrogens with one attached hydrogen (secondary N) is 2. The fraction of sp³-hybridized carbons (Fsp3) is 0.562. The van der Waals surface area contributed by atoms with Gasteiger partial charge in [-0.05, 0) is 56.5 Å². The zero-order chi connectivity index (χ0) is 15.0. The summed E-state index contributed by atoms with van der Waals surface area (Å²) in [4.78, 5) is 14.6. The molecule has 0 saturated carbocycles. The first-order valence-corrected chi connectivity index (χ1v) is 7.93. The van der Waals surface area contributed by atoms with Gasteiger partial charge in [0.2, 0.25) is 5.91 Å². The van der Waals surface area contributed by atoms with Crippen LogP contribution >= 0.6 is 11.6 Å². The van der Waals surface area contributed by atoms with Crippen molar-refractivity contribution >= 4 is 23.2 Å². The molecule has 1 amide bonds. The molecule has 5 heteroatoms. The van der Waals surface area contributed by atoms with Crippen molar-refractivity contribution in [2.45, 2.75) is 19.9 Å². The molecule has 114 valence electrons. The zero-order valence-electron chi connectivity index (χ0n) is 12.5. The first kappa shape index (κ1) is 14.8. The smallest absolute Gasteiger partial charge is 0.238 e. The van der Waals surface area contributed by atoms with E-state index in [1.165, 1.54) is 0 Å². The Labute approximate surface area is 130 Å². The molecule has 3 atom stereocenters. The quantitative estimate of drug-likeness (QED) is 0.899. The molecule has 0 bridgehead atoms. The largest absolute Gasteiger partial charge is 0.325 e. The van der Waals surface area contributed by atoms with Gasteiger partial charge in [-0.2, -0.15) is 0 Å². The van der Waals surface area contributed by atoms with Gasteiger partial charge in [-0.25, -0.2) is 0 Å². The minimum Gasteiger partial charge on any atom is -0.325 e. The van der Waals surface area contributed by atoms with Crippen molar-refractivity contribution < 1.29 is 4.79 Å². The summed E-state index contributed by atoms with van der Waals surface area (Å²) >= 11 is 5.99. The maximum atomic E-state index is 12.3. The number of aryl methyl sites for hydroxylation is 1. The SMILES string of the molecule is Cc1ccc(Cl)cc1NC(=O)CN1CC2CNCC2C1C. The number of rotatable bonds is 3. The summed E-state index contributed by atoms with van der Waals surface area (Å²) < 4.78 is 0. The Balaban J connectivity index is 1.61. The highest BCUT2D eigenvalue weighted by Gasteiger charge is 2.42. The van der Waals surface area contributed by atoms with E-state index in [9.17, 15) is 4.79 Å². The average Bonchev–Trinajstić information content (AvgIpc) is 2.99. The lowest BCUT2D eigenvalue weighted by atomic mass is 9.95. The van der Waals surface area contributed by atoms with Gasteiger partial charge in [-0.3, -0.25) is 9.69 Å². The Bertz CT molecular complexity index is 548. The predicted molar refractivity (Wildman–Crippen MR) is 85.7 cm³/mol. The highest BCUT2D eigenvalue weighted by Crippen LogP contribution is 2.32. The lowest BCUT2D eigenvalue weighted by molar-refractivity contribution is -0.117. The van der Waals surface area contributed by atoms with E-state index in [0.717, 1.165) is 30.9 Å². The zero-order valence-corrected chi connectivity index (χ0v) is 13.3. The fourth-order valence-corrected chi connectivity index (χ4v) is 3.74. The molecule has 2 aliphatic rings. The van der Waals surface area contributed by atoms with Crippen LogP contribution in [-0.4, -0.2) is 43.0 Å². The van der Waals surface area contributed by atoms with Gasteiger partial charge in [-0.15, -0.1) is 0 Å². The number of fused-ring (bicyclic) bond motifs is 1. The van der Waals surface area contributed by atoms with Crippen LogP contribution in [0.25, 0.3) is 0 Å². The Morgan fingerprint density at radius 3 is 3.05 bits per heavy atom. The van der Waals surface area contributed by atoms with Crippen molar-refractivity contribution in [3.05, 3.63) is 28.8 Å². The van der Waals surface area contributed by atoms with Gasteiger partial charge in [-0.1, -0.05) is 17.7 Å². The highest BCUT2D eigenvalue weighted by molar-refractivity contribution is 6.31. The van der Waals surface area contributed by atoms with Gasteiger partial charge in [0.25, 0.3) is 0 Å². The molecule has 0 spiro atoms. The Morgan fingerprint density at radius 1 is 1.48 bits per heavy atom. The molecule has 3 unspecified atom stereocenters. The number of likely N-dealkylation sites (tertiary alicyclic amines) is 1. The van der Waals surface area contributed by atoms with Crippen LogP contribution in [0.15, 0.2) is 18.2 Å². The predicted octanol–water partition coefficient (Wildman–Crippen LogP) is 2.13. The maximum absolute atomic E-state index is 12.3. The molecular weight excluding hydrogens is 286 g/mol. The van der Waals surface area contributed by atoms with Gasteiger partial charge < -0.3 is 10.6 Å². The van der Waals surface area contributed by atoms with Gasteiger partial charge >= 0.3 is 0 Å². The third kappa shape index (κ3) is 3.07. The van der Waals surface area contributed by atoms with E-state index in [4.69, 9.17) is 11.6 Å². The van der Waals surface area contributed by atoms with E-state index in [-0.39, 0.29) is 5.91 Å². The highest BCUT2D eigenvalue weighted by atomic mass is 35.5. The first-order chi connectivity index (χ1) is 10.0. The maximum Gasteiger partial charge on any atom is 0.238 e. The van der Waals surface area contributed by atoms with E-state index in [1.54, 1.807) is 6.07 Å².